The van der Waals surface area contributed by atoms with Gasteiger partial charge < -0.3 is 0 Å². The van der Waals surface area contributed by atoms with Gasteiger partial charge >= 0.3 is 0 Å². The average molecular weight is 252 g/mol. The number of hydrogen-bond acceptors (Lipinski definition) is 0. The minimum Gasteiger partial charge on any atom is -0.0654 e. The van der Waals surface area contributed by atoms with Crippen LogP contribution in [0.25, 0.3) is 0 Å². The Hall–Kier alpha value is 0. The van der Waals surface area contributed by atoms with Crippen molar-refractivity contribution in [3.63, 3.8) is 0 Å². The number of hydrogen-bond donors (Lipinski definition) is 0. The first-order valence-electron chi connectivity index (χ1n) is 8.69. The molecule has 0 aliphatic heterocycles. The molecular formula is C18H36. The SMILES string of the molecule is CCCC(C)(C(CC)CC)C1CCCCCCC1. The standard InChI is InChI=1S/C18H36/c1-5-15-18(4,16(6-2)7-3)17-13-11-9-8-10-12-14-17/h16-17H,5-15H2,1-4H3. The molecule has 108 valence electrons. The minimum atomic E-state index is 0.621. The van der Waals surface area contributed by atoms with Gasteiger partial charge in [0, 0.05) is 0 Å². The Kier molecular flexibility index (Phi) is 7.34. The van der Waals surface area contributed by atoms with Gasteiger partial charge in [0.25, 0.3) is 0 Å². The van der Waals surface area contributed by atoms with Gasteiger partial charge in [-0.25, -0.2) is 0 Å². The molecule has 0 aromatic carbocycles. The maximum absolute atomic E-state index is 2.63. The molecule has 0 nitrogen and oxygen atoms in total. The summed E-state index contributed by atoms with van der Waals surface area (Å²) in [6.07, 6.45) is 16.0. The molecule has 1 unspecified atom stereocenters. The van der Waals surface area contributed by atoms with E-state index in [0.717, 1.165) is 11.8 Å². The molecular weight excluding hydrogens is 216 g/mol. The molecule has 1 atom stereocenters. The van der Waals surface area contributed by atoms with Crippen LogP contribution in [0.15, 0.2) is 0 Å². The van der Waals surface area contributed by atoms with Crippen molar-refractivity contribution in [2.75, 3.05) is 0 Å². The molecule has 0 bridgehead atoms. The third-order valence-electron chi connectivity index (χ3n) is 5.74. The molecule has 1 fully saturated rings. The molecule has 0 spiro atoms. The van der Waals surface area contributed by atoms with E-state index < -0.39 is 0 Å². The topological polar surface area (TPSA) is 0 Å². The van der Waals surface area contributed by atoms with Crippen LogP contribution >= 0.6 is 0 Å². The van der Waals surface area contributed by atoms with Gasteiger partial charge in [-0.15, -0.1) is 0 Å². The highest BCUT2D eigenvalue weighted by Crippen LogP contribution is 2.48. The van der Waals surface area contributed by atoms with Crippen LogP contribution in [0, 0.1) is 17.3 Å². The summed E-state index contributed by atoms with van der Waals surface area (Å²) in [5.74, 6) is 1.95. The van der Waals surface area contributed by atoms with Crippen LogP contribution < -0.4 is 0 Å². The monoisotopic (exact) mass is 252 g/mol. The molecule has 1 saturated carbocycles. The van der Waals surface area contributed by atoms with Crippen LogP contribution in [0.1, 0.15) is 98.3 Å². The highest BCUT2D eigenvalue weighted by molar-refractivity contribution is 4.88. The van der Waals surface area contributed by atoms with E-state index in [1.54, 1.807) is 0 Å². The molecule has 0 N–H and O–H groups in total. The lowest BCUT2D eigenvalue weighted by Gasteiger charge is -2.45. The Morgan fingerprint density at radius 2 is 1.39 bits per heavy atom. The lowest BCUT2D eigenvalue weighted by molar-refractivity contribution is 0.0533. The van der Waals surface area contributed by atoms with Gasteiger partial charge in [-0.3, -0.25) is 0 Å². The molecule has 1 aliphatic carbocycles. The maximum Gasteiger partial charge on any atom is -0.0270 e. The van der Waals surface area contributed by atoms with E-state index in [0.29, 0.717) is 5.41 Å². The summed E-state index contributed by atoms with van der Waals surface area (Å²) >= 11 is 0. The predicted molar refractivity (Wildman–Crippen MR) is 82.9 cm³/mol. The fraction of sp³-hybridized carbons (Fsp3) is 1.00. The highest BCUT2D eigenvalue weighted by Gasteiger charge is 2.38. The largest absolute Gasteiger partial charge is 0.0654 e. The van der Waals surface area contributed by atoms with Gasteiger partial charge in [0.2, 0.25) is 0 Å². The Morgan fingerprint density at radius 1 is 0.889 bits per heavy atom. The van der Waals surface area contributed by atoms with Crippen molar-refractivity contribution in [2.45, 2.75) is 98.3 Å². The van der Waals surface area contributed by atoms with E-state index in [-0.39, 0.29) is 0 Å². The smallest absolute Gasteiger partial charge is 0.0270 e. The zero-order valence-corrected chi connectivity index (χ0v) is 13.4. The van der Waals surface area contributed by atoms with Gasteiger partial charge in [-0.05, 0) is 36.5 Å². The Labute approximate surface area is 116 Å². The summed E-state index contributed by atoms with van der Waals surface area (Å²) < 4.78 is 0. The summed E-state index contributed by atoms with van der Waals surface area (Å²) in [5, 5.41) is 0. The van der Waals surface area contributed by atoms with Crippen molar-refractivity contribution in [3.05, 3.63) is 0 Å². The molecule has 0 heteroatoms. The van der Waals surface area contributed by atoms with Crippen molar-refractivity contribution in [2.24, 2.45) is 17.3 Å². The predicted octanol–water partition coefficient (Wildman–Crippen LogP) is 6.59. The molecule has 0 saturated heterocycles. The second-order valence-corrected chi connectivity index (χ2v) is 6.81. The molecule has 1 aliphatic rings. The van der Waals surface area contributed by atoms with Crippen molar-refractivity contribution in [3.8, 4) is 0 Å². The van der Waals surface area contributed by atoms with E-state index in [2.05, 4.69) is 27.7 Å². The molecule has 18 heavy (non-hydrogen) atoms. The first-order chi connectivity index (χ1) is 8.69. The molecule has 0 heterocycles. The normalized spacial score (nSPS) is 22.5. The molecule has 0 aromatic heterocycles. The fourth-order valence-corrected chi connectivity index (χ4v) is 4.62. The van der Waals surface area contributed by atoms with Crippen LogP contribution in [-0.2, 0) is 0 Å². The third kappa shape index (κ3) is 4.00. The Balaban J connectivity index is 2.78. The van der Waals surface area contributed by atoms with Crippen molar-refractivity contribution in [1.29, 1.82) is 0 Å². The zero-order chi connectivity index (χ0) is 13.4. The lowest BCUT2D eigenvalue weighted by atomic mass is 9.60. The Bertz CT molecular complexity index is 196. The first-order valence-corrected chi connectivity index (χ1v) is 8.69. The summed E-state index contributed by atoms with van der Waals surface area (Å²) in [7, 11) is 0. The van der Waals surface area contributed by atoms with Gasteiger partial charge in [0.1, 0.15) is 0 Å². The number of rotatable bonds is 6. The highest BCUT2D eigenvalue weighted by atomic mass is 14.4. The lowest BCUT2D eigenvalue weighted by Crippen LogP contribution is -2.35. The van der Waals surface area contributed by atoms with Crippen LogP contribution in [0.4, 0.5) is 0 Å². The van der Waals surface area contributed by atoms with E-state index in [9.17, 15) is 0 Å². The van der Waals surface area contributed by atoms with E-state index in [4.69, 9.17) is 0 Å². The van der Waals surface area contributed by atoms with Crippen LogP contribution in [0.3, 0.4) is 0 Å². The van der Waals surface area contributed by atoms with Gasteiger partial charge in [-0.2, -0.15) is 0 Å². The minimum absolute atomic E-state index is 0.621. The average Bonchev–Trinajstić information content (AvgIpc) is 2.29. The summed E-state index contributed by atoms with van der Waals surface area (Å²) in [5.41, 5.74) is 0.621. The molecule has 1 rings (SSSR count). The molecule has 0 amide bonds. The van der Waals surface area contributed by atoms with Gasteiger partial charge in [0.05, 0.1) is 0 Å². The second kappa shape index (κ2) is 8.23. The third-order valence-corrected chi connectivity index (χ3v) is 5.74. The molecule has 0 aromatic rings. The van der Waals surface area contributed by atoms with Crippen LogP contribution in [-0.4, -0.2) is 0 Å². The fourth-order valence-electron chi connectivity index (χ4n) is 4.62. The maximum atomic E-state index is 2.63. The summed E-state index contributed by atoms with van der Waals surface area (Å²) in [4.78, 5) is 0. The van der Waals surface area contributed by atoms with Crippen LogP contribution in [0.5, 0.6) is 0 Å². The van der Waals surface area contributed by atoms with Crippen molar-refractivity contribution >= 4 is 0 Å². The van der Waals surface area contributed by atoms with Crippen molar-refractivity contribution < 1.29 is 0 Å². The summed E-state index contributed by atoms with van der Waals surface area (Å²) in [6, 6.07) is 0. The van der Waals surface area contributed by atoms with Crippen LogP contribution in [0.2, 0.25) is 0 Å². The van der Waals surface area contributed by atoms with Crippen molar-refractivity contribution in [1.82, 2.24) is 0 Å². The van der Waals surface area contributed by atoms with E-state index in [1.165, 1.54) is 70.6 Å². The summed E-state index contributed by atoms with van der Waals surface area (Å²) in [6.45, 7) is 9.82. The van der Waals surface area contributed by atoms with Gasteiger partial charge in [-0.1, -0.05) is 79.1 Å². The zero-order valence-electron chi connectivity index (χ0n) is 13.4. The van der Waals surface area contributed by atoms with Gasteiger partial charge in [0.15, 0.2) is 0 Å². The molecule has 0 radical (unpaired) electrons. The van der Waals surface area contributed by atoms with E-state index >= 15 is 0 Å². The quantitative estimate of drug-likeness (QED) is 0.500. The second-order valence-electron chi connectivity index (χ2n) is 6.81. The first kappa shape index (κ1) is 16.1. The van der Waals surface area contributed by atoms with E-state index in [1.807, 2.05) is 0 Å². The Morgan fingerprint density at radius 3 is 1.83 bits per heavy atom.